The number of likely N-dealkylation sites (tertiary alicyclic amines) is 2. The lowest BCUT2D eigenvalue weighted by molar-refractivity contribution is -0.148. The fraction of sp³-hybridized carbons (Fsp3) is 0.750. The van der Waals surface area contributed by atoms with Crippen LogP contribution in [0.2, 0.25) is 0 Å². The van der Waals surface area contributed by atoms with Gasteiger partial charge in [0, 0.05) is 31.4 Å². The highest BCUT2D eigenvalue weighted by Crippen LogP contribution is 2.42. The summed E-state index contributed by atoms with van der Waals surface area (Å²) in [6.45, 7) is 4.25. The molecule has 2 aliphatic heterocycles. The average molecular weight is 358 g/mol. The topological polar surface area (TPSA) is 69.3 Å². The van der Waals surface area contributed by atoms with Crippen molar-refractivity contribution in [1.29, 1.82) is 0 Å². The van der Waals surface area contributed by atoms with Gasteiger partial charge in [0.1, 0.15) is 0 Å². The molecule has 3 fully saturated rings. The van der Waals surface area contributed by atoms with E-state index in [4.69, 9.17) is 0 Å². The normalized spacial score (nSPS) is 27.0. The molecule has 1 aromatic rings. The molecule has 3 heterocycles. The first-order valence-electron chi connectivity index (χ1n) is 10.3. The number of piperidine rings is 1. The van der Waals surface area contributed by atoms with Crippen LogP contribution in [0.1, 0.15) is 74.3 Å². The zero-order chi connectivity index (χ0) is 18.1. The van der Waals surface area contributed by atoms with Gasteiger partial charge in [-0.2, -0.15) is 5.10 Å². The van der Waals surface area contributed by atoms with E-state index < -0.39 is 0 Å². The monoisotopic (exact) mass is 358 g/mol. The van der Waals surface area contributed by atoms with Crippen LogP contribution in [-0.4, -0.2) is 57.5 Å². The van der Waals surface area contributed by atoms with Crippen molar-refractivity contribution in [2.24, 2.45) is 5.41 Å². The molecule has 6 heteroatoms. The summed E-state index contributed by atoms with van der Waals surface area (Å²) in [7, 11) is 0. The molecule has 1 aliphatic carbocycles. The fourth-order valence-electron chi connectivity index (χ4n) is 5.20. The number of aromatic amines is 1. The van der Waals surface area contributed by atoms with Crippen molar-refractivity contribution < 1.29 is 9.59 Å². The highest BCUT2D eigenvalue weighted by molar-refractivity contribution is 5.96. The first kappa shape index (κ1) is 17.6. The fourth-order valence-corrected chi connectivity index (χ4v) is 5.20. The highest BCUT2D eigenvalue weighted by Gasteiger charge is 2.50. The summed E-state index contributed by atoms with van der Waals surface area (Å²) in [5.41, 5.74) is 1.26. The number of aromatic nitrogens is 2. The van der Waals surface area contributed by atoms with Gasteiger partial charge in [-0.3, -0.25) is 14.7 Å². The van der Waals surface area contributed by atoms with Crippen molar-refractivity contribution in [2.75, 3.05) is 19.6 Å². The number of aryl methyl sites for hydroxylation is 1. The summed E-state index contributed by atoms with van der Waals surface area (Å²) in [5, 5.41) is 7.03. The number of amides is 2. The van der Waals surface area contributed by atoms with Crippen molar-refractivity contribution >= 4 is 11.8 Å². The lowest BCUT2D eigenvalue weighted by Crippen LogP contribution is -2.53. The van der Waals surface area contributed by atoms with E-state index in [0.717, 1.165) is 57.2 Å². The molecule has 0 unspecified atom stereocenters. The zero-order valence-corrected chi connectivity index (χ0v) is 15.8. The second-order valence-corrected chi connectivity index (χ2v) is 8.31. The summed E-state index contributed by atoms with van der Waals surface area (Å²) in [5.74, 6) is 0.344. The molecule has 0 bridgehead atoms. The molecule has 3 aliphatic rings. The summed E-state index contributed by atoms with van der Waals surface area (Å²) in [6.07, 6.45) is 11.0. The highest BCUT2D eigenvalue weighted by atomic mass is 16.2. The van der Waals surface area contributed by atoms with Gasteiger partial charge in [-0.25, -0.2) is 0 Å². The molecule has 2 amide bonds. The third-order valence-electron chi connectivity index (χ3n) is 6.62. The van der Waals surface area contributed by atoms with Crippen molar-refractivity contribution in [3.8, 4) is 0 Å². The molecule has 1 atom stereocenters. The van der Waals surface area contributed by atoms with Crippen LogP contribution in [0.5, 0.6) is 0 Å². The second-order valence-electron chi connectivity index (χ2n) is 8.31. The molecule has 0 aromatic carbocycles. The minimum atomic E-state index is -0.342. The Kier molecular flexibility index (Phi) is 4.76. The van der Waals surface area contributed by atoms with Crippen LogP contribution < -0.4 is 0 Å². The Balaban J connectivity index is 1.49. The van der Waals surface area contributed by atoms with E-state index >= 15 is 0 Å². The molecule has 0 radical (unpaired) electrons. The molecule has 2 saturated heterocycles. The summed E-state index contributed by atoms with van der Waals surface area (Å²) < 4.78 is 0. The van der Waals surface area contributed by atoms with Crippen molar-refractivity contribution in [2.45, 2.75) is 70.8 Å². The van der Waals surface area contributed by atoms with Gasteiger partial charge in [-0.15, -0.1) is 0 Å². The third-order valence-corrected chi connectivity index (χ3v) is 6.62. The van der Waals surface area contributed by atoms with Crippen LogP contribution in [-0.2, 0) is 11.2 Å². The van der Waals surface area contributed by atoms with Crippen molar-refractivity contribution in [3.63, 3.8) is 0 Å². The number of hydrogen-bond acceptors (Lipinski definition) is 3. The molecule has 6 nitrogen and oxygen atoms in total. The Hall–Kier alpha value is -1.85. The van der Waals surface area contributed by atoms with Crippen LogP contribution in [0.25, 0.3) is 0 Å². The zero-order valence-electron chi connectivity index (χ0n) is 15.8. The predicted octanol–water partition coefficient (Wildman–Crippen LogP) is 2.76. The Morgan fingerprint density at radius 3 is 2.85 bits per heavy atom. The molecule has 4 rings (SSSR count). The number of carbonyl (C=O) groups is 2. The Labute approximate surface area is 155 Å². The molecule has 1 spiro atoms. The van der Waals surface area contributed by atoms with Gasteiger partial charge < -0.3 is 9.80 Å². The quantitative estimate of drug-likeness (QED) is 0.900. The molecule has 1 aromatic heterocycles. The van der Waals surface area contributed by atoms with Gasteiger partial charge in [0.2, 0.25) is 5.91 Å². The van der Waals surface area contributed by atoms with Gasteiger partial charge in [-0.05, 0) is 38.5 Å². The maximum absolute atomic E-state index is 13.3. The maximum atomic E-state index is 13.3. The van der Waals surface area contributed by atoms with Gasteiger partial charge >= 0.3 is 0 Å². The predicted molar refractivity (Wildman–Crippen MR) is 98.7 cm³/mol. The smallest absolute Gasteiger partial charge is 0.257 e. The Morgan fingerprint density at radius 1 is 1.27 bits per heavy atom. The summed E-state index contributed by atoms with van der Waals surface area (Å²) >= 11 is 0. The first-order chi connectivity index (χ1) is 12.6. The largest absolute Gasteiger partial charge is 0.339 e. The van der Waals surface area contributed by atoms with Crippen molar-refractivity contribution in [1.82, 2.24) is 20.0 Å². The van der Waals surface area contributed by atoms with Crippen LogP contribution in [0.3, 0.4) is 0 Å². The Morgan fingerprint density at radius 2 is 2.08 bits per heavy atom. The molecular formula is C20H30N4O2. The molecule has 1 saturated carbocycles. The second kappa shape index (κ2) is 7.05. The van der Waals surface area contributed by atoms with Gasteiger partial charge in [0.05, 0.1) is 17.2 Å². The lowest BCUT2D eigenvalue weighted by Gasteiger charge is -2.42. The van der Waals surface area contributed by atoms with E-state index in [1.807, 2.05) is 4.90 Å². The minimum Gasteiger partial charge on any atom is -0.339 e. The third kappa shape index (κ3) is 2.93. The number of nitrogens with one attached hydrogen (secondary N) is 1. The standard InChI is InChI=1S/C20H30N4O2/c1-2-6-17-16(13-21-22-17)18(25)23-12-10-20(14-23)9-5-11-24(19(20)26)15-7-3-4-8-15/h13,15H,2-12,14H2,1H3,(H,21,22)/t20-/m1/s1. The van der Waals surface area contributed by atoms with Gasteiger partial charge in [0.25, 0.3) is 5.91 Å². The van der Waals surface area contributed by atoms with E-state index in [1.54, 1.807) is 6.20 Å². The summed E-state index contributed by atoms with van der Waals surface area (Å²) in [6, 6.07) is 0.439. The first-order valence-corrected chi connectivity index (χ1v) is 10.3. The number of nitrogens with zero attached hydrogens (tertiary/aromatic N) is 3. The number of hydrogen-bond donors (Lipinski definition) is 1. The summed E-state index contributed by atoms with van der Waals surface area (Å²) in [4.78, 5) is 30.4. The van der Waals surface area contributed by atoms with Crippen LogP contribution in [0, 0.1) is 5.41 Å². The van der Waals surface area contributed by atoms with Crippen LogP contribution in [0.4, 0.5) is 0 Å². The Bertz CT molecular complexity index is 679. The molecule has 142 valence electrons. The van der Waals surface area contributed by atoms with E-state index in [-0.39, 0.29) is 11.3 Å². The van der Waals surface area contributed by atoms with Crippen LogP contribution in [0.15, 0.2) is 6.20 Å². The van der Waals surface area contributed by atoms with Gasteiger partial charge in [0.15, 0.2) is 0 Å². The average Bonchev–Trinajstić information content (AvgIpc) is 3.38. The maximum Gasteiger partial charge on any atom is 0.257 e. The van der Waals surface area contributed by atoms with Crippen LogP contribution >= 0.6 is 0 Å². The molecular weight excluding hydrogens is 328 g/mol. The lowest BCUT2D eigenvalue weighted by atomic mass is 9.77. The number of rotatable bonds is 4. The van der Waals surface area contributed by atoms with E-state index in [1.165, 1.54) is 12.8 Å². The van der Waals surface area contributed by atoms with Crippen molar-refractivity contribution in [3.05, 3.63) is 17.5 Å². The number of H-pyrrole nitrogens is 1. The van der Waals surface area contributed by atoms with Gasteiger partial charge in [-0.1, -0.05) is 26.2 Å². The molecule has 26 heavy (non-hydrogen) atoms. The SMILES string of the molecule is CCCc1[nH]ncc1C(=O)N1CC[C@]2(CCCN(C3CCCC3)C2=O)C1. The van der Waals surface area contributed by atoms with E-state index in [9.17, 15) is 9.59 Å². The minimum absolute atomic E-state index is 0.0323. The molecule has 1 N–H and O–H groups in total. The number of carbonyl (C=O) groups excluding carboxylic acids is 2. The van der Waals surface area contributed by atoms with E-state index in [2.05, 4.69) is 22.0 Å². The van der Waals surface area contributed by atoms with E-state index in [0.29, 0.717) is 30.6 Å².